The highest BCUT2D eigenvalue weighted by atomic mass is 16.6. The molecule has 0 aliphatic carbocycles. The third kappa shape index (κ3) is 5.56. The Kier molecular flexibility index (Phi) is 7.15. The van der Waals surface area contributed by atoms with Crippen molar-refractivity contribution in [1.29, 1.82) is 0 Å². The van der Waals surface area contributed by atoms with Crippen LogP contribution in [0.4, 0.5) is 11.4 Å². The van der Waals surface area contributed by atoms with Gasteiger partial charge in [0.1, 0.15) is 5.69 Å². The Bertz CT molecular complexity index is 922. The zero-order valence-electron chi connectivity index (χ0n) is 17.8. The van der Waals surface area contributed by atoms with Crippen LogP contribution in [0.3, 0.4) is 0 Å². The van der Waals surface area contributed by atoms with Crippen molar-refractivity contribution in [3.8, 4) is 0 Å². The Labute approximate surface area is 176 Å². The molecule has 2 rings (SSSR count). The molecule has 1 atom stereocenters. The standard InChI is InChI=1S/C22H27N3O5/c1-15(20(26)24(22(2,3)4)14-16-9-7-6-8-10-16)30-21(27)17-11-12-18(23-5)19(13-17)25(28)29/h6-13,15,23H,14H2,1-5H3/t15-/m0/s1. The monoisotopic (exact) mass is 413 g/mol. The summed E-state index contributed by atoms with van der Waals surface area (Å²) in [5.41, 5.74) is 0.498. The number of nitro groups is 1. The number of carbonyl (C=O) groups excluding carboxylic acids is 2. The molecule has 0 saturated heterocycles. The molecule has 0 aliphatic heterocycles. The normalized spacial score (nSPS) is 12.0. The molecule has 0 fully saturated rings. The zero-order chi connectivity index (χ0) is 22.5. The number of hydrogen-bond acceptors (Lipinski definition) is 6. The van der Waals surface area contributed by atoms with Gasteiger partial charge in [-0.25, -0.2) is 4.79 Å². The Morgan fingerprint density at radius 2 is 1.80 bits per heavy atom. The van der Waals surface area contributed by atoms with Crippen LogP contribution in [0.25, 0.3) is 0 Å². The largest absolute Gasteiger partial charge is 0.449 e. The van der Waals surface area contributed by atoms with E-state index in [-0.39, 0.29) is 22.8 Å². The first-order valence-corrected chi connectivity index (χ1v) is 9.57. The van der Waals surface area contributed by atoms with Gasteiger partial charge in [-0.05, 0) is 45.4 Å². The lowest BCUT2D eigenvalue weighted by atomic mass is 10.0. The van der Waals surface area contributed by atoms with Gasteiger partial charge in [-0.15, -0.1) is 0 Å². The lowest BCUT2D eigenvalue weighted by Crippen LogP contribution is -2.49. The summed E-state index contributed by atoms with van der Waals surface area (Å²) in [5, 5.41) is 13.9. The first-order valence-electron chi connectivity index (χ1n) is 9.57. The molecule has 30 heavy (non-hydrogen) atoms. The van der Waals surface area contributed by atoms with Crippen LogP contribution in [0.5, 0.6) is 0 Å². The molecule has 1 N–H and O–H groups in total. The second-order valence-electron chi connectivity index (χ2n) is 7.87. The highest BCUT2D eigenvalue weighted by molar-refractivity contribution is 5.93. The fourth-order valence-electron chi connectivity index (χ4n) is 2.93. The van der Waals surface area contributed by atoms with E-state index in [1.807, 2.05) is 51.1 Å². The van der Waals surface area contributed by atoms with E-state index < -0.39 is 22.5 Å². The number of nitrogens with zero attached hydrogens (tertiary/aromatic N) is 2. The SMILES string of the molecule is CNc1ccc(C(=O)O[C@@H](C)C(=O)N(Cc2ccccc2)C(C)(C)C)cc1[N+](=O)[O-]. The van der Waals surface area contributed by atoms with Crippen LogP contribution in [0.15, 0.2) is 48.5 Å². The van der Waals surface area contributed by atoms with E-state index in [2.05, 4.69) is 5.32 Å². The van der Waals surface area contributed by atoms with Gasteiger partial charge >= 0.3 is 5.97 Å². The fourth-order valence-corrected chi connectivity index (χ4v) is 2.93. The first-order chi connectivity index (χ1) is 14.0. The third-order valence-corrected chi connectivity index (χ3v) is 4.59. The average Bonchev–Trinajstić information content (AvgIpc) is 2.70. The first kappa shape index (κ1) is 22.9. The number of esters is 1. The van der Waals surface area contributed by atoms with Gasteiger partial charge in [-0.1, -0.05) is 30.3 Å². The number of ether oxygens (including phenoxy) is 1. The van der Waals surface area contributed by atoms with E-state index in [0.29, 0.717) is 6.54 Å². The fraction of sp³-hybridized carbons (Fsp3) is 0.364. The molecule has 0 aromatic heterocycles. The molecule has 0 heterocycles. The van der Waals surface area contributed by atoms with Crippen molar-refractivity contribution < 1.29 is 19.2 Å². The lowest BCUT2D eigenvalue weighted by molar-refractivity contribution is -0.384. The van der Waals surface area contributed by atoms with Crippen molar-refractivity contribution in [3.63, 3.8) is 0 Å². The maximum absolute atomic E-state index is 13.1. The number of rotatable bonds is 7. The smallest absolute Gasteiger partial charge is 0.339 e. The number of nitrogens with one attached hydrogen (secondary N) is 1. The van der Waals surface area contributed by atoms with Crippen LogP contribution in [0, 0.1) is 10.1 Å². The molecule has 0 saturated carbocycles. The molecule has 2 aromatic carbocycles. The lowest BCUT2D eigenvalue weighted by Gasteiger charge is -2.37. The summed E-state index contributed by atoms with van der Waals surface area (Å²) in [7, 11) is 1.55. The molecule has 1 amide bonds. The number of benzene rings is 2. The van der Waals surface area contributed by atoms with E-state index in [1.165, 1.54) is 19.1 Å². The molecule has 0 aliphatic rings. The van der Waals surface area contributed by atoms with Crippen LogP contribution in [0.1, 0.15) is 43.6 Å². The van der Waals surface area contributed by atoms with Gasteiger partial charge in [0.15, 0.2) is 6.10 Å². The maximum Gasteiger partial charge on any atom is 0.339 e. The number of carbonyl (C=O) groups is 2. The van der Waals surface area contributed by atoms with Crippen molar-refractivity contribution in [1.82, 2.24) is 4.90 Å². The van der Waals surface area contributed by atoms with Gasteiger partial charge in [0.25, 0.3) is 11.6 Å². The molecule has 0 bridgehead atoms. The number of anilines is 1. The molecule has 0 unspecified atom stereocenters. The van der Waals surface area contributed by atoms with Crippen LogP contribution >= 0.6 is 0 Å². The molecule has 0 radical (unpaired) electrons. The summed E-state index contributed by atoms with van der Waals surface area (Å²) in [6.07, 6.45) is -1.05. The van der Waals surface area contributed by atoms with E-state index in [1.54, 1.807) is 11.9 Å². The van der Waals surface area contributed by atoms with Crippen molar-refractivity contribution in [3.05, 3.63) is 69.8 Å². The topological polar surface area (TPSA) is 102 Å². The summed E-state index contributed by atoms with van der Waals surface area (Å²) in [5.74, 6) is -1.14. The highest BCUT2D eigenvalue weighted by Crippen LogP contribution is 2.26. The van der Waals surface area contributed by atoms with Crippen molar-refractivity contribution in [2.24, 2.45) is 0 Å². The Morgan fingerprint density at radius 3 is 2.33 bits per heavy atom. The van der Waals surface area contributed by atoms with Gasteiger partial charge in [0, 0.05) is 25.2 Å². The maximum atomic E-state index is 13.1. The highest BCUT2D eigenvalue weighted by Gasteiger charge is 2.32. The predicted molar refractivity (Wildman–Crippen MR) is 114 cm³/mol. The summed E-state index contributed by atoms with van der Waals surface area (Å²) >= 11 is 0. The minimum absolute atomic E-state index is 0.00529. The Hall–Kier alpha value is -3.42. The van der Waals surface area contributed by atoms with Gasteiger partial charge in [0.05, 0.1) is 10.5 Å². The quantitative estimate of drug-likeness (QED) is 0.418. The minimum Gasteiger partial charge on any atom is -0.449 e. The molecule has 8 nitrogen and oxygen atoms in total. The molecule has 0 spiro atoms. The summed E-state index contributed by atoms with van der Waals surface area (Å²) in [4.78, 5) is 37.9. The zero-order valence-corrected chi connectivity index (χ0v) is 17.8. The molecule has 2 aromatic rings. The van der Waals surface area contributed by atoms with Crippen LogP contribution in [0.2, 0.25) is 0 Å². The Balaban J connectivity index is 2.19. The molecular formula is C22H27N3O5. The van der Waals surface area contributed by atoms with Gasteiger partial charge in [0.2, 0.25) is 0 Å². The van der Waals surface area contributed by atoms with E-state index in [4.69, 9.17) is 4.74 Å². The predicted octanol–water partition coefficient (Wildman–Crippen LogP) is 4.01. The van der Waals surface area contributed by atoms with Crippen LogP contribution < -0.4 is 5.32 Å². The van der Waals surface area contributed by atoms with E-state index in [9.17, 15) is 19.7 Å². The summed E-state index contributed by atoms with van der Waals surface area (Å²) in [6, 6.07) is 13.5. The van der Waals surface area contributed by atoms with Crippen molar-refractivity contribution in [2.75, 3.05) is 12.4 Å². The van der Waals surface area contributed by atoms with E-state index in [0.717, 1.165) is 11.6 Å². The van der Waals surface area contributed by atoms with Crippen LogP contribution in [-0.4, -0.2) is 40.4 Å². The second kappa shape index (κ2) is 9.39. The third-order valence-electron chi connectivity index (χ3n) is 4.59. The van der Waals surface area contributed by atoms with Crippen molar-refractivity contribution >= 4 is 23.3 Å². The van der Waals surface area contributed by atoms with E-state index >= 15 is 0 Å². The van der Waals surface area contributed by atoms with Crippen LogP contribution in [-0.2, 0) is 16.1 Å². The average molecular weight is 413 g/mol. The van der Waals surface area contributed by atoms with Gasteiger partial charge < -0.3 is 15.0 Å². The van der Waals surface area contributed by atoms with Crippen molar-refractivity contribution in [2.45, 2.75) is 45.9 Å². The molecule has 8 heteroatoms. The second-order valence-corrected chi connectivity index (χ2v) is 7.87. The number of amides is 1. The molecular weight excluding hydrogens is 386 g/mol. The molecule has 160 valence electrons. The minimum atomic E-state index is -1.05. The summed E-state index contributed by atoms with van der Waals surface area (Å²) < 4.78 is 5.35. The van der Waals surface area contributed by atoms with Gasteiger partial charge in [-0.2, -0.15) is 0 Å². The number of nitro benzene ring substituents is 1. The number of hydrogen-bond donors (Lipinski definition) is 1. The Morgan fingerprint density at radius 1 is 1.17 bits per heavy atom. The van der Waals surface area contributed by atoms with Gasteiger partial charge in [-0.3, -0.25) is 14.9 Å². The summed E-state index contributed by atoms with van der Waals surface area (Å²) in [6.45, 7) is 7.58.